The molecule has 0 radical (unpaired) electrons. The summed E-state index contributed by atoms with van der Waals surface area (Å²) in [7, 11) is 0. The second-order valence-electron chi connectivity index (χ2n) is 7.90. The van der Waals surface area contributed by atoms with Crippen LogP contribution in [0.25, 0.3) is 0 Å². The summed E-state index contributed by atoms with van der Waals surface area (Å²) in [5.41, 5.74) is 0. The minimum absolute atomic E-state index is 0. The van der Waals surface area contributed by atoms with Gasteiger partial charge in [-0.05, 0) is 25.7 Å². The second-order valence-corrected chi connectivity index (χ2v) is 7.90. The monoisotopic (exact) mass is 458 g/mol. The first kappa shape index (κ1) is 37.5. The first-order valence-electron chi connectivity index (χ1n) is 11.9. The van der Waals surface area contributed by atoms with Gasteiger partial charge in [-0.15, -0.1) is 0 Å². The van der Waals surface area contributed by atoms with Crippen molar-refractivity contribution >= 4 is 11.9 Å². The third-order valence-electron chi connectivity index (χ3n) is 4.97. The van der Waals surface area contributed by atoms with Crippen LogP contribution in [0.4, 0.5) is 0 Å². The molecule has 0 fully saturated rings. The molecule has 0 aromatic carbocycles. The zero-order chi connectivity index (χ0) is 21.3. The quantitative estimate of drug-likeness (QED) is 0.206. The number of carbonyl (C=O) groups excluding carboxylic acids is 2. The van der Waals surface area contributed by atoms with Gasteiger partial charge in [-0.2, -0.15) is 0 Å². The fourth-order valence-electron chi connectivity index (χ4n) is 3.16. The van der Waals surface area contributed by atoms with Gasteiger partial charge < -0.3 is 19.8 Å². The van der Waals surface area contributed by atoms with Gasteiger partial charge in [-0.25, -0.2) is 0 Å². The van der Waals surface area contributed by atoms with E-state index in [1.54, 1.807) is 0 Å². The standard InChI is InChI=1S/2C12H24O2.ClH2.Na/c2*1-2-3-4-5-6-7-8-9-10-11-12(13)14;;/h2*2-11H2,1H3,(H,13,14);1H2;/q;;2*+1/p-2. The summed E-state index contributed by atoms with van der Waals surface area (Å²) in [5, 5.41) is 20.2. The van der Waals surface area contributed by atoms with Crippen molar-refractivity contribution in [3.05, 3.63) is 0 Å². The number of carboxylic acids is 2. The Kier molecular flexibility index (Phi) is 42.4. The van der Waals surface area contributed by atoms with Gasteiger partial charge in [-0.3, -0.25) is 0 Å². The molecule has 0 unspecified atom stereocenters. The molecule has 0 aliphatic rings. The molecule has 0 aliphatic heterocycles. The fraction of sp³-hybridized carbons (Fsp3) is 0.917. The molecule has 6 heteroatoms. The number of hydrogen-bond acceptors (Lipinski definition) is 4. The van der Waals surface area contributed by atoms with Crippen LogP contribution in [0.2, 0.25) is 0 Å². The predicted molar refractivity (Wildman–Crippen MR) is 116 cm³/mol. The predicted octanol–water partition coefficient (Wildman–Crippen LogP) is 1.78. The fourth-order valence-corrected chi connectivity index (χ4v) is 3.16. The number of unbranched alkanes of at least 4 members (excludes halogenated alkanes) is 16. The molecule has 0 aromatic rings. The van der Waals surface area contributed by atoms with E-state index >= 15 is 0 Å². The molecule has 0 saturated carbocycles. The molecule has 4 nitrogen and oxygen atoms in total. The molecule has 0 spiro atoms. The molecule has 176 valence electrons. The zero-order valence-corrected chi connectivity index (χ0v) is 23.1. The molecule has 0 N–H and O–H groups in total. The van der Waals surface area contributed by atoms with E-state index in [1.165, 1.54) is 89.9 Å². The van der Waals surface area contributed by atoms with Crippen LogP contribution in [0, 0.1) is 12.4 Å². The van der Waals surface area contributed by atoms with Gasteiger partial charge in [0.1, 0.15) is 0 Å². The van der Waals surface area contributed by atoms with Crippen molar-refractivity contribution in [2.45, 2.75) is 142 Å². The van der Waals surface area contributed by atoms with Gasteiger partial charge in [0.25, 0.3) is 0 Å². The summed E-state index contributed by atoms with van der Waals surface area (Å²) in [6.45, 7) is 4.44. The van der Waals surface area contributed by atoms with Crippen molar-refractivity contribution in [2.24, 2.45) is 0 Å². The van der Waals surface area contributed by atoms with Crippen molar-refractivity contribution in [1.29, 1.82) is 0 Å². The number of hydrogen-bond donors (Lipinski definition) is 0. The van der Waals surface area contributed by atoms with Crippen LogP contribution in [0.3, 0.4) is 0 Å². The van der Waals surface area contributed by atoms with Crippen molar-refractivity contribution in [3.8, 4) is 0 Å². The van der Waals surface area contributed by atoms with E-state index in [0.717, 1.165) is 25.7 Å². The van der Waals surface area contributed by atoms with E-state index in [0.29, 0.717) is 0 Å². The number of carbonyl (C=O) groups is 2. The Morgan fingerprint density at radius 3 is 0.867 bits per heavy atom. The molecule has 0 bridgehead atoms. The normalized spacial score (nSPS) is 9.67. The van der Waals surface area contributed by atoms with Crippen LogP contribution in [0.15, 0.2) is 0 Å². The van der Waals surface area contributed by atoms with Crippen LogP contribution in [0.1, 0.15) is 142 Å². The minimum atomic E-state index is -0.909. The maximum absolute atomic E-state index is 10.1. The van der Waals surface area contributed by atoms with Gasteiger partial charge in [0.2, 0.25) is 0 Å². The Balaban J connectivity index is -0.000000211. The van der Waals surface area contributed by atoms with Crippen molar-refractivity contribution in [1.82, 2.24) is 0 Å². The molecule has 0 saturated heterocycles. The van der Waals surface area contributed by atoms with E-state index in [4.69, 9.17) is 0 Å². The number of halogens is 1. The summed E-state index contributed by atoms with van der Waals surface area (Å²) >= 11 is 0. The smallest absolute Gasteiger partial charge is 0.550 e. The average Bonchev–Trinajstić information content (AvgIpc) is 2.65. The first-order valence-corrected chi connectivity index (χ1v) is 11.9. The third kappa shape index (κ3) is 42.4. The maximum atomic E-state index is 10.1. The van der Waals surface area contributed by atoms with Crippen LogP contribution in [-0.4, -0.2) is 11.9 Å². The maximum Gasteiger partial charge on any atom is 1.00 e. The Hall–Kier alpha value is 0.230. The molecular formula is C24H48ClNaO4. The minimum Gasteiger partial charge on any atom is -0.550 e. The van der Waals surface area contributed by atoms with E-state index in [2.05, 4.69) is 13.8 Å². The molecule has 0 heterocycles. The van der Waals surface area contributed by atoms with Crippen molar-refractivity contribution in [2.75, 3.05) is 0 Å². The second kappa shape index (κ2) is 33.9. The molecule has 0 aliphatic carbocycles. The van der Waals surface area contributed by atoms with Crippen LogP contribution in [0.5, 0.6) is 0 Å². The van der Waals surface area contributed by atoms with Gasteiger partial charge in [0.05, 0.1) is 12.4 Å². The van der Waals surface area contributed by atoms with Crippen LogP contribution >= 0.6 is 0 Å². The summed E-state index contributed by atoms with van der Waals surface area (Å²) in [4.78, 5) is 20.2. The SMILES string of the molecule is CCCCCCCCCCCC(=O)[O-].CCCCCCCCCCCC(=O)[O-].[ClH2+].[Na+]. The third-order valence-corrected chi connectivity index (χ3v) is 4.97. The molecule has 30 heavy (non-hydrogen) atoms. The summed E-state index contributed by atoms with van der Waals surface area (Å²) in [6, 6.07) is 0. The summed E-state index contributed by atoms with van der Waals surface area (Å²) in [5.74, 6) is -1.82. The number of aliphatic carboxylic acids is 2. The van der Waals surface area contributed by atoms with Crippen LogP contribution < -0.4 is 39.8 Å². The molecule has 0 aromatic heterocycles. The van der Waals surface area contributed by atoms with Gasteiger partial charge in [-0.1, -0.05) is 117 Å². The molecule has 0 amide bonds. The van der Waals surface area contributed by atoms with Gasteiger partial charge >= 0.3 is 29.6 Å². The molecule has 0 rings (SSSR count). The largest absolute Gasteiger partial charge is 1.00 e. The Labute approximate surface area is 215 Å². The van der Waals surface area contributed by atoms with Gasteiger partial charge in [0, 0.05) is 11.9 Å². The Morgan fingerprint density at radius 1 is 0.467 bits per heavy atom. The Bertz CT molecular complexity index is 309. The van der Waals surface area contributed by atoms with E-state index in [9.17, 15) is 19.8 Å². The van der Waals surface area contributed by atoms with Crippen LogP contribution in [-0.2, 0) is 9.59 Å². The van der Waals surface area contributed by atoms with E-state index in [1.807, 2.05) is 0 Å². The Morgan fingerprint density at radius 2 is 0.667 bits per heavy atom. The first-order chi connectivity index (χ1) is 13.5. The number of carboxylic acid groups (broad SMARTS) is 2. The number of rotatable bonds is 20. The van der Waals surface area contributed by atoms with Crippen molar-refractivity contribution in [3.63, 3.8) is 0 Å². The molecular weight excluding hydrogens is 411 g/mol. The van der Waals surface area contributed by atoms with E-state index < -0.39 is 11.9 Å². The summed E-state index contributed by atoms with van der Waals surface area (Å²) < 4.78 is 0. The zero-order valence-electron chi connectivity index (χ0n) is 20.2. The summed E-state index contributed by atoms with van der Waals surface area (Å²) in [6.07, 6.45) is 22.3. The van der Waals surface area contributed by atoms with E-state index in [-0.39, 0.29) is 54.8 Å². The average molecular weight is 459 g/mol. The van der Waals surface area contributed by atoms with Gasteiger partial charge in [0.15, 0.2) is 0 Å². The van der Waals surface area contributed by atoms with Crippen molar-refractivity contribution < 1.29 is 61.8 Å². The molecule has 0 atom stereocenters. The topological polar surface area (TPSA) is 80.3 Å².